The maximum atomic E-state index is 5.40. The number of aliphatic imine (C=N–C) groups is 1. The van der Waals surface area contributed by atoms with Crippen LogP contribution in [0.2, 0.25) is 0 Å². The van der Waals surface area contributed by atoms with Gasteiger partial charge in [-0.25, -0.2) is 19.9 Å². The minimum Gasteiger partial charge on any atom is -0.265 e. The van der Waals surface area contributed by atoms with E-state index in [4.69, 9.17) is 24.9 Å². The molecule has 2 aliphatic rings. The van der Waals surface area contributed by atoms with Gasteiger partial charge in [0.05, 0.1) is 16.9 Å². The van der Waals surface area contributed by atoms with E-state index in [9.17, 15) is 0 Å². The summed E-state index contributed by atoms with van der Waals surface area (Å²) < 4.78 is 0.834. The van der Waals surface area contributed by atoms with Crippen molar-refractivity contribution in [2.24, 2.45) is 4.99 Å². The Morgan fingerprint density at radius 1 is 0.778 bits per heavy atom. The van der Waals surface area contributed by atoms with Gasteiger partial charge in [0.15, 0.2) is 17.5 Å². The van der Waals surface area contributed by atoms with Crippen molar-refractivity contribution in [1.82, 2.24) is 24.9 Å². The number of alkyl halides is 1. The highest BCUT2D eigenvalue weighted by Crippen LogP contribution is 2.38. The highest BCUT2D eigenvalue weighted by Gasteiger charge is 2.19. The van der Waals surface area contributed by atoms with Crippen molar-refractivity contribution in [1.29, 1.82) is 0 Å². The quantitative estimate of drug-likeness (QED) is 0.0825. The van der Waals surface area contributed by atoms with E-state index in [2.05, 4.69) is 114 Å². The van der Waals surface area contributed by atoms with Gasteiger partial charge in [-0.15, -0.1) is 0 Å². The van der Waals surface area contributed by atoms with Crippen LogP contribution in [0.4, 0.5) is 5.69 Å². The molecule has 0 N–H and O–H groups in total. The van der Waals surface area contributed by atoms with E-state index in [1.165, 1.54) is 33.4 Å². The summed E-state index contributed by atoms with van der Waals surface area (Å²) in [5, 5.41) is 1.20. The van der Waals surface area contributed by atoms with Gasteiger partial charge in [0.1, 0.15) is 0 Å². The molecule has 0 bridgehead atoms. The van der Waals surface area contributed by atoms with E-state index < -0.39 is 0 Å². The summed E-state index contributed by atoms with van der Waals surface area (Å²) in [5.41, 5.74) is 14.5. The fraction of sp³-hybridized carbons (Fsp3) is 0.191. The Morgan fingerprint density at radius 3 is 2.33 bits per heavy atom. The first-order valence-corrected chi connectivity index (χ1v) is 20.3. The van der Waals surface area contributed by atoms with Gasteiger partial charge in [0, 0.05) is 44.6 Å². The van der Waals surface area contributed by atoms with Gasteiger partial charge in [-0.3, -0.25) is 9.98 Å². The summed E-state index contributed by atoms with van der Waals surface area (Å²) in [6, 6.07) is 29.5. The Labute approximate surface area is 330 Å². The van der Waals surface area contributed by atoms with Gasteiger partial charge < -0.3 is 0 Å². The topological polar surface area (TPSA) is 76.8 Å². The van der Waals surface area contributed by atoms with Crippen LogP contribution in [0.3, 0.4) is 0 Å². The molecule has 7 heteroatoms. The van der Waals surface area contributed by atoms with Crippen molar-refractivity contribution in [3.8, 4) is 34.0 Å². The van der Waals surface area contributed by atoms with Crippen molar-refractivity contribution in [3.05, 3.63) is 156 Å². The average Bonchev–Trinajstić information content (AvgIpc) is 3.47. The lowest BCUT2D eigenvalue weighted by atomic mass is 9.96. The van der Waals surface area contributed by atoms with Gasteiger partial charge >= 0.3 is 0 Å². The molecule has 0 amide bonds. The van der Waals surface area contributed by atoms with Crippen molar-refractivity contribution in [2.45, 2.75) is 52.4 Å². The maximum absolute atomic E-state index is 5.40. The SMILES string of the molecule is CCc1cc(-c2cccc(/C(=C/C=C(\C)c3nc(-c4ccccc4)nc(-c4ccncc4)n3)CI)c2)nc2c3c(ccc12)CCCC(C1=CC=CCC1)=N3. The van der Waals surface area contributed by atoms with Crippen LogP contribution in [0.25, 0.3) is 56.1 Å². The third kappa shape index (κ3) is 7.64. The zero-order valence-corrected chi connectivity index (χ0v) is 32.8. The van der Waals surface area contributed by atoms with Crippen molar-refractivity contribution in [3.63, 3.8) is 0 Å². The molecule has 1 aliphatic heterocycles. The molecule has 3 aromatic carbocycles. The number of fused-ring (bicyclic) bond motifs is 3. The molecule has 6 nitrogen and oxygen atoms in total. The molecule has 0 saturated heterocycles. The highest BCUT2D eigenvalue weighted by molar-refractivity contribution is 14.1. The molecular formula is C47H41IN6. The number of hydrogen-bond acceptors (Lipinski definition) is 6. The molecule has 1 aliphatic carbocycles. The van der Waals surface area contributed by atoms with Gasteiger partial charge in [0.25, 0.3) is 0 Å². The second kappa shape index (κ2) is 16.3. The Bertz CT molecular complexity index is 2440. The average molecular weight is 817 g/mol. The van der Waals surface area contributed by atoms with E-state index in [-0.39, 0.29) is 0 Å². The zero-order chi connectivity index (χ0) is 36.9. The minimum atomic E-state index is 0.621. The third-order valence-electron chi connectivity index (χ3n) is 10.2. The molecule has 8 rings (SSSR count). The number of pyridine rings is 2. The largest absolute Gasteiger partial charge is 0.265 e. The van der Waals surface area contributed by atoms with Crippen LogP contribution >= 0.6 is 22.6 Å². The smallest absolute Gasteiger partial charge is 0.164 e. The number of allylic oxidation sites excluding steroid dienone is 8. The summed E-state index contributed by atoms with van der Waals surface area (Å²) in [6.07, 6.45) is 20.7. The van der Waals surface area contributed by atoms with E-state index in [0.717, 1.165) is 87.7 Å². The third-order valence-corrected chi connectivity index (χ3v) is 11.0. The van der Waals surface area contributed by atoms with Gasteiger partial charge in [-0.1, -0.05) is 121 Å². The van der Waals surface area contributed by atoms with E-state index in [1.807, 2.05) is 42.5 Å². The van der Waals surface area contributed by atoms with Gasteiger partial charge in [-0.05, 0) is 103 Å². The standard InChI is InChI=1S/C47H41IN6/c1-3-32-29-42(51-44-40(32)23-22-34-16-11-19-41(50-43(34)44)33-12-6-4-7-13-33)38-18-10-17-37(28-38)39(30-48)21-20-31(2)45-52-46(35-14-8-5-9-15-35)54-47(53-45)36-24-26-49-27-25-36/h4-6,8-10,12,14-15,17-18,20-29H,3,7,11,13,16,19,30H2,1-2H3/b31-20+,39-21+. The second-order valence-corrected chi connectivity index (χ2v) is 14.5. The highest BCUT2D eigenvalue weighted by atomic mass is 127. The molecule has 0 radical (unpaired) electrons. The summed E-state index contributed by atoms with van der Waals surface area (Å²) in [7, 11) is 0. The van der Waals surface area contributed by atoms with Crippen LogP contribution < -0.4 is 0 Å². The first-order valence-electron chi connectivity index (χ1n) is 18.7. The first-order chi connectivity index (χ1) is 26.6. The van der Waals surface area contributed by atoms with Crippen molar-refractivity contribution >= 4 is 56.0 Å². The molecule has 0 fully saturated rings. The van der Waals surface area contributed by atoms with E-state index >= 15 is 0 Å². The summed E-state index contributed by atoms with van der Waals surface area (Å²) in [5.74, 6) is 1.90. The lowest BCUT2D eigenvalue weighted by Gasteiger charge is -2.14. The monoisotopic (exact) mass is 816 g/mol. The summed E-state index contributed by atoms with van der Waals surface area (Å²) in [4.78, 5) is 29.6. The second-order valence-electron chi connectivity index (χ2n) is 13.7. The number of hydrogen-bond donors (Lipinski definition) is 0. The van der Waals surface area contributed by atoms with Gasteiger partial charge in [0.2, 0.25) is 0 Å². The molecule has 4 heterocycles. The van der Waals surface area contributed by atoms with Gasteiger partial charge in [-0.2, -0.15) is 0 Å². The Morgan fingerprint density at radius 2 is 1.57 bits per heavy atom. The maximum Gasteiger partial charge on any atom is 0.164 e. The number of rotatable bonds is 9. The predicted molar refractivity (Wildman–Crippen MR) is 232 cm³/mol. The van der Waals surface area contributed by atoms with Crippen LogP contribution in [-0.2, 0) is 12.8 Å². The minimum absolute atomic E-state index is 0.621. The molecule has 266 valence electrons. The molecular weight excluding hydrogens is 775 g/mol. The molecule has 6 aromatic rings. The van der Waals surface area contributed by atoms with Crippen LogP contribution in [0.1, 0.15) is 62.0 Å². The fourth-order valence-corrected chi connectivity index (χ4v) is 7.86. The van der Waals surface area contributed by atoms with Crippen LogP contribution in [-0.4, -0.2) is 35.1 Å². The number of nitrogens with zero attached hydrogens (tertiary/aromatic N) is 6. The molecule has 0 spiro atoms. The lowest BCUT2D eigenvalue weighted by Crippen LogP contribution is -2.03. The number of benzene rings is 3. The van der Waals surface area contributed by atoms with Crippen LogP contribution in [0.5, 0.6) is 0 Å². The summed E-state index contributed by atoms with van der Waals surface area (Å²) >= 11 is 2.45. The zero-order valence-electron chi connectivity index (χ0n) is 30.6. The molecule has 54 heavy (non-hydrogen) atoms. The fourth-order valence-electron chi connectivity index (χ4n) is 7.16. The number of aryl methyl sites for hydroxylation is 2. The Hall–Kier alpha value is -5.41. The lowest BCUT2D eigenvalue weighted by molar-refractivity contribution is 0.871. The summed E-state index contributed by atoms with van der Waals surface area (Å²) in [6.45, 7) is 4.29. The normalized spacial score (nSPS) is 14.7. The molecule has 3 aromatic heterocycles. The van der Waals surface area contributed by atoms with E-state index in [0.29, 0.717) is 17.5 Å². The van der Waals surface area contributed by atoms with Crippen molar-refractivity contribution in [2.75, 3.05) is 4.43 Å². The van der Waals surface area contributed by atoms with Crippen LogP contribution in [0.15, 0.2) is 138 Å². The first kappa shape index (κ1) is 35.6. The van der Waals surface area contributed by atoms with E-state index in [1.54, 1.807) is 12.4 Å². The predicted octanol–water partition coefficient (Wildman–Crippen LogP) is 12.0. The van der Waals surface area contributed by atoms with Crippen LogP contribution in [0, 0.1) is 0 Å². The number of halogens is 1. The number of aromatic nitrogens is 5. The molecule has 0 atom stereocenters. The Kier molecular flexibility index (Phi) is 10.8. The van der Waals surface area contributed by atoms with Crippen molar-refractivity contribution < 1.29 is 0 Å². The molecule has 0 unspecified atom stereocenters. The Balaban J connectivity index is 1.16. The molecule has 0 saturated carbocycles.